The first-order chi connectivity index (χ1) is 14.4. The van der Waals surface area contributed by atoms with Crippen molar-refractivity contribution in [2.45, 2.75) is 64.4 Å². The smallest absolute Gasteiger partial charge is 0.463 e. The molecule has 0 saturated carbocycles. The minimum absolute atomic E-state index is 0.0684. The Hall–Kier alpha value is -1.28. The van der Waals surface area contributed by atoms with Gasteiger partial charge < -0.3 is 20.5 Å². The lowest BCUT2D eigenvalue weighted by molar-refractivity contribution is -0.147. The summed E-state index contributed by atoms with van der Waals surface area (Å²) < 4.78 is 25.4. The third-order valence-corrected chi connectivity index (χ3v) is 4.76. The largest absolute Gasteiger partial charge is 0.472 e. The summed E-state index contributed by atoms with van der Waals surface area (Å²) >= 11 is 0. The van der Waals surface area contributed by atoms with E-state index in [4.69, 9.17) is 10.5 Å². The quantitative estimate of drug-likeness (QED) is 0.118. The zero-order chi connectivity index (χ0) is 22.5. The summed E-state index contributed by atoms with van der Waals surface area (Å²) in [4.78, 5) is 20.9. The summed E-state index contributed by atoms with van der Waals surface area (Å²) in [7, 11) is -4.25. The van der Waals surface area contributed by atoms with Crippen LogP contribution in [0.5, 0.6) is 0 Å². The summed E-state index contributed by atoms with van der Waals surface area (Å²) in [6, 6.07) is 0. The number of rotatable bonds is 19. The maximum atomic E-state index is 11.6. The third-order valence-electron chi connectivity index (χ3n) is 3.77. The van der Waals surface area contributed by atoms with Crippen molar-refractivity contribution in [3.05, 3.63) is 36.5 Å². The number of nitrogens with two attached hydrogens (primary N) is 1. The van der Waals surface area contributed by atoms with Crippen LogP contribution in [0.15, 0.2) is 36.5 Å². The van der Waals surface area contributed by atoms with E-state index in [1.54, 1.807) is 0 Å². The highest BCUT2D eigenvalue weighted by atomic mass is 31.2. The van der Waals surface area contributed by atoms with E-state index in [0.717, 1.165) is 38.5 Å². The monoisotopic (exact) mass is 447 g/mol. The average Bonchev–Trinajstić information content (AvgIpc) is 2.72. The Bertz CT molecular complexity index is 564. The van der Waals surface area contributed by atoms with Crippen molar-refractivity contribution in [1.82, 2.24) is 0 Å². The second-order valence-corrected chi connectivity index (χ2v) is 8.07. The van der Waals surface area contributed by atoms with Crippen LogP contribution >= 0.6 is 7.82 Å². The van der Waals surface area contributed by atoms with Crippen molar-refractivity contribution < 1.29 is 33.1 Å². The fourth-order valence-corrected chi connectivity index (χ4v) is 3.00. The summed E-state index contributed by atoms with van der Waals surface area (Å²) in [5, 5.41) is 9.64. The van der Waals surface area contributed by atoms with Gasteiger partial charge in [-0.3, -0.25) is 13.8 Å². The normalized spacial score (nSPS) is 15.2. The van der Waals surface area contributed by atoms with E-state index in [9.17, 15) is 19.4 Å². The molecule has 0 aliphatic rings. The van der Waals surface area contributed by atoms with Crippen LogP contribution in [0.4, 0.5) is 0 Å². The van der Waals surface area contributed by atoms with Gasteiger partial charge in [0.05, 0.1) is 13.2 Å². The lowest BCUT2D eigenvalue weighted by Gasteiger charge is -2.15. The Morgan fingerprint density at radius 1 is 1.00 bits per heavy atom. The van der Waals surface area contributed by atoms with Crippen LogP contribution in [0, 0.1) is 0 Å². The van der Waals surface area contributed by atoms with E-state index in [-0.39, 0.29) is 26.2 Å². The summed E-state index contributed by atoms with van der Waals surface area (Å²) in [5.74, 6) is -0.418. The number of ether oxygens (including phenoxy) is 1. The Balaban J connectivity index is 3.64. The molecule has 2 atom stereocenters. The number of carbonyl (C=O) groups is 1. The lowest BCUT2D eigenvalue weighted by Crippen LogP contribution is -2.23. The minimum atomic E-state index is -4.25. The standard InChI is InChI=1S/C21H38NO7P/c1-2-3-4-5-6-7-8-9-10-11-12-13-14-15-21(24)27-18-20(23)19-29-30(25,26)28-17-16-22/h3-4,6-7,9-10,20,23H,2,5,8,11-19,22H2,1H3,(H,25,26)/b4-3-,7-6-,10-9-. The van der Waals surface area contributed by atoms with E-state index in [1.807, 2.05) is 0 Å². The zero-order valence-electron chi connectivity index (χ0n) is 18.0. The van der Waals surface area contributed by atoms with Crippen LogP contribution in [-0.2, 0) is 23.1 Å². The van der Waals surface area contributed by atoms with Gasteiger partial charge >= 0.3 is 13.8 Å². The third kappa shape index (κ3) is 20.0. The molecule has 30 heavy (non-hydrogen) atoms. The van der Waals surface area contributed by atoms with Crippen LogP contribution in [0.1, 0.15) is 58.3 Å². The number of esters is 1. The SMILES string of the molecule is CC/C=C\C/C=C\C/C=C\CCCCCC(=O)OCC(O)COP(=O)(O)OCCN. The molecule has 9 heteroatoms. The maximum Gasteiger partial charge on any atom is 0.472 e. The van der Waals surface area contributed by atoms with Crippen molar-refractivity contribution in [3.8, 4) is 0 Å². The molecule has 2 unspecified atom stereocenters. The van der Waals surface area contributed by atoms with Crippen LogP contribution in [-0.4, -0.2) is 48.4 Å². The van der Waals surface area contributed by atoms with Crippen molar-refractivity contribution in [2.24, 2.45) is 5.73 Å². The van der Waals surface area contributed by atoms with E-state index >= 15 is 0 Å². The fourth-order valence-electron chi connectivity index (χ4n) is 2.23. The molecule has 0 aromatic heterocycles. The Morgan fingerprint density at radius 3 is 2.33 bits per heavy atom. The molecule has 0 bridgehead atoms. The van der Waals surface area contributed by atoms with Crippen LogP contribution in [0.25, 0.3) is 0 Å². The van der Waals surface area contributed by atoms with Gasteiger partial charge in [0.1, 0.15) is 12.7 Å². The maximum absolute atomic E-state index is 11.6. The van der Waals surface area contributed by atoms with E-state index in [0.29, 0.717) is 6.42 Å². The second kappa shape index (κ2) is 19.7. The topological polar surface area (TPSA) is 128 Å². The lowest BCUT2D eigenvalue weighted by atomic mass is 10.1. The first-order valence-corrected chi connectivity index (χ1v) is 12.0. The van der Waals surface area contributed by atoms with Crippen molar-refractivity contribution in [1.29, 1.82) is 0 Å². The molecule has 0 rings (SSSR count). The number of carbonyl (C=O) groups excluding carboxylic acids is 1. The molecular formula is C21H38NO7P. The molecule has 4 N–H and O–H groups in total. The van der Waals surface area contributed by atoms with E-state index in [2.05, 4.69) is 52.4 Å². The van der Waals surface area contributed by atoms with Gasteiger partial charge in [-0.2, -0.15) is 0 Å². The van der Waals surface area contributed by atoms with Gasteiger partial charge in [-0.05, 0) is 38.5 Å². The van der Waals surface area contributed by atoms with Crippen molar-refractivity contribution in [2.75, 3.05) is 26.4 Å². The predicted molar refractivity (Wildman–Crippen MR) is 118 cm³/mol. The Morgan fingerprint density at radius 2 is 1.67 bits per heavy atom. The van der Waals surface area contributed by atoms with Gasteiger partial charge in [0, 0.05) is 13.0 Å². The molecule has 0 fully saturated rings. The molecular weight excluding hydrogens is 409 g/mol. The number of phosphoric acid groups is 1. The molecule has 0 aliphatic heterocycles. The second-order valence-electron chi connectivity index (χ2n) is 6.62. The molecule has 0 radical (unpaired) electrons. The van der Waals surface area contributed by atoms with Crippen LogP contribution in [0.3, 0.4) is 0 Å². The first-order valence-electron chi connectivity index (χ1n) is 10.5. The van der Waals surface area contributed by atoms with Gasteiger partial charge in [-0.15, -0.1) is 0 Å². The van der Waals surface area contributed by atoms with E-state index in [1.165, 1.54) is 0 Å². The van der Waals surface area contributed by atoms with Crippen molar-refractivity contribution in [3.63, 3.8) is 0 Å². The molecule has 0 spiro atoms. The predicted octanol–water partition coefficient (Wildman–Crippen LogP) is 3.79. The Labute approximate surface area is 180 Å². The molecule has 0 aliphatic carbocycles. The number of unbranched alkanes of at least 4 members (excludes halogenated alkanes) is 3. The molecule has 8 nitrogen and oxygen atoms in total. The first kappa shape index (κ1) is 28.7. The molecule has 174 valence electrons. The van der Waals surface area contributed by atoms with Gasteiger partial charge in [0.2, 0.25) is 0 Å². The minimum Gasteiger partial charge on any atom is -0.463 e. The Kier molecular flexibility index (Phi) is 18.8. The highest BCUT2D eigenvalue weighted by Gasteiger charge is 2.22. The molecule has 0 amide bonds. The zero-order valence-corrected chi connectivity index (χ0v) is 18.9. The molecule has 0 heterocycles. The fraction of sp³-hybridized carbons (Fsp3) is 0.667. The van der Waals surface area contributed by atoms with Gasteiger partial charge in [-0.25, -0.2) is 4.57 Å². The van der Waals surface area contributed by atoms with Gasteiger partial charge in [0.25, 0.3) is 0 Å². The number of hydrogen-bond acceptors (Lipinski definition) is 7. The average molecular weight is 448 g/mol. The van der Waals surface area contributed by atoms with Gasteiger partial charge in [0.15, 0.2) is 0 Å². The van der Waals surface area contributed by atoms with Crippen LogP contribution in [0.2, 0.25) is 0 Å². The summed E-state index contributed by atoms with van der Waals surface area (Å²) in [6.45, 7) is 1.26. The number of phosphoric ester groups is 1. The molecule has 0 aromatic carbocycles. The number of aliphatic hydroxyl groups excluding tert-OH is 1. The summed E-state index contributed by atoms with van der Waals surface area (Å²) in [5.41, 5.74) is 5.15. The van der Waals surface area contributed by atoms with Crippen LogP contribution < -0.4 is 5.73 Å². The highest BCUT2D eigenvalue weighted by Crippen LogP contribution is 2.42. The van der Waals surface area contributed by atoms with Gasteiger partial charge in [-0.1, -0.05) is 49.8 Å². The number of aliphatic hydroxyl groups is 1. The molecule has 0 saturated heterocycles. The number of allylic oxidation sites excluding steroid dienone is 6. The molecule has 0 aromatic rings. The summed E-state index contributed by atoms with van der Waals surface area (Å²) in [6.07, 6.45) is 18.6. The van der Waals surface area contributed by atoms with Crippen molar-refractivity contribution >= 4 is 13.8 Å². The van der Waals surface area contributed by atoms with E-state index < -0.39 is 26.5 Å². The number of hydrogen-bond donors (Lipinski definition) is 3. The highest BCUT2D eigenvalue weighted by molar-refractivity contribution is 7.47.